The van der Waals surface area contributed by atoms with Gasteiger partial charge in [0.1, 0.15) is 16.8 Å². The van der Waals surface area contributed by atoms with E-state index in [0.29, 0.717) is 16.3 Å². The summed E-state index contributed by atoms with van der Waals surface area (Å²) in [6.45, 7) is 0.0484. The molecule has 1 fully saturated rings. The Balaban J connectivity index is 1.45. The zero-order valence-electron chi connectivity index (χ0n) is 15.2. The van der Waals surface area contributed by atoms with Gasteiger partial charge in [0.15, 0.2) is 6.61 Å². The van der Waals surface area contributed by atoms with Crippen LogP contribution < -0.4 is 10.1 Å². The van der Waals surface area contributed by atoms with Gasteiger partial charge in [0.25, 0.3) is 11.1 Å². The Morgan fingerprint density at radius 1 is 1.24 bits per heavy atom. The van der Waals surface area contributed by atoms with E-state index >= 15 is 0 Å². The summed E-state index contributed by atoms with van der Waals surface area (Å²) in [7, 11) is 0. The minimum absolute atomic E-state index is 0.0484. The van der Waals surface area contributed by atoms with E-state index in [1.807, 2.05) is 6.07 Å². The molecule has 1 atom stereocenters. The first kappa shape index (κ1) is 19.7. The molecule has 9 heteroatoms. The molecule has 2 aromatic carbocycles. The molecule has 1 amide bonds. The molecule has 0 aliphatic heterocycles. The first-order chi connectivity index (χ1) is 14.1. The number of rotatable bonds is 8. The summed E-state index contributed by atoms with van der Waals surface area (Å²) >= 11 is 7.17. The molecule has 1 unspecified atom stereocenters. The number of amides is 1. The summed E-state index contributed by atoms with van der Waals surface area (Å²) in [5, 5.41) is 11.0. The summed E-state index contributed by atoms with van der Waals surface area (Å²) in [5.41, 5.74) is 0.654. The first-order valence-corrected chi connectivity index (χ1v) is 10.3. The third-order valence-electron chi connectivity index (χ3n) is 4.19. The zero-order chi connectivity index (χ0) is 20.2. The molecule has 0 spiro atoms. The minimum Gasteiger partial charge on any atom is -0.482 e. The summed E-state index contributed by atoms with van der Waals surface area (Å²) in [4.78, 5) is 12.7. The van der Waals surface area contributed by atoms with Gasteiger partial charge in [-0.25, -0.2) is 4.39 Å². The second-order valence-electron chi connectivity index (χ2n) is 6.51. The topological polar surface area (TPSA) is 77.2 Å². The normalized spacial score (nSPS) is 14.4. The largest absolute Gasteiger partial charge is 0.482 e. The number of ether oxygens (including phenoxy) is 1. The fraction of sp³-hybridized carbons (Fsp3) is 0.250. The van der Waals surface area contributed by atoms with Crippen molar-refractivity contribution in [1.82, 2.24) is 15.5 Å². The van der Waals surface area contributed by atoms with E-state index in [0.717, 1.165) is 24.6 Å². The van der Waals surface area contributed by atoms with Gasteiger partial charge in [-0.1, -0.05) is 35.9 Å². The molecule has 4 rings (SSSR count). The molecule has 1 N–H and O–H groups in total. The number of benzene rings is 2. The van der Waals surface area contributed by atoms with Crippen LogP contribution in [0.4, 0.5) is 4.39 Å². The molecule has 1 aliphatic carbocycles. The lowest BCUT2D eigenvalue weighted by atomic mass is 10.1. The summed E-state index contributed by atoms with van der Waals surface area (Å²) in [6.07, 6.45) is 1.94. The highest BCUT2D eigenvalue weighted by Gasteiger charge is 2.30. The Labute approximate surface area is 175 Å². The van der Waals surface area contributed by atoms with Crippen molar-refractivity contribution < 1.29 is 18.3 Å². The van der Waals surface area contributed by atoms with Gasteiger partial charge in [-0.15, -0.1) is 10.2 Å². The van der Waals surface area contributed by atoms with Crippen LogP contribution in [0.15, 0.2) is 58.2 Å². The van der Waals surface area contributed by atoms with Gasteiger partial charge in [-0.05, 0) is 54.4 Å². The molecule has 1 heterocycles. The van der Waals surface area contributed by atoms with Crippen LogP contribution in [0.5, 0.6) is 5.75 Å². The van der Waals surface area contributed by atoms with Gasteiger partial charge in [0, 0.05) is 6.04 Å². The highest BCUT2D eigenvalue weighted by atomic mass is 35.5. The lowest BCUT2D eigenvalue weighted by molar-refractivity contribution is -0.120. The molecule has 0 radical (unpaired) electrons. The number of halogens is 2. The number of para-hydroxylation sites is 1. The van der Waals surface area contributed by atoms with E-state index in [9.17, 15) is 9.18 Å². The Bertz CT molecular complexity index is 995. The van der Waals surface area contributed by atoms with Crippen molar-refractivity contribution in [3.8, 4) is 5.75 Å². The monoisotopic (exact) mass is 433 g/mol. The van der Waals surface area contributed by atoms with Crippen LogP contribution in [0, 0.1) is 5.82 Å². The average molecular weight is 434 g/mol. The Morgan fingerprint density at radius 2 is 2.00 bits per heavy atom. The number of hydrogen-bond donors (Lipinski definition) is 1. The van der Waals surface area contributed by atoms with E-state index in [2.05, 4.69) is 15.5 Å². The summed E-state index contributed by atoms with van der Waals surface area (Å²) < 4.78 is 24.5. The number of aromatic nitrogens is 2. The fourth-order valence-corrected chi connectivity index (χ4v) is 3.65. The number of nitrogens with zero attached hydrogens (tertiary/aromatic N) is 2. The van der Waals surface area contributed by atoms with Crippen molar-refractivity contribution in [2.75, 3.05) is 0 Å². The molecule has 3 aromatic rings. The molecular formula is C20H17ClFN3O3S. The highest BCUT2D eigenvalue weighted by Crippen LogP contribution is 2.36. The van der Waals surface area contributed by atoms with Gasteiger partial charge in [-0.2, -0.15) is 0 Å². The van der Waals surface area contributed by atoms with E-state index in [4.69, 9.17) is 20.8 Å². The summed E-state index contributed by atoms with van der Waals surface area (Å²) in [6, 6.07) is 13.1. The standard InChI is InChI=1S/C20H17ClFN3O3S/c21-15-3-1-2-4-16(15)27-11-17-24-25-20(28-17)29-18(19(26)23-14-9-10-14)12-5-7-13(22)8-6-12/h1-8,14,18H,9-11H2,(H,23,26). The van der Waals surface area contributed by atoms with Crippen LogP contribution in [0.2, 0.25) is 5.02 Å². The zero-order valence-corrected chi connectivity index (χ0v) is 16.8. The van der Waals surface area contributed by atoms with Gasteiger partial charge in [-0.3, -0.25) is 4.79 Å². The maximum absolute atomic E-state index is 13.3. The maximum atomic E-state index is 13.3. The molecule has 6 nitrogen and oxygen atoms in total. The van der Waals surface area contributed by atoms with Crippen molar-refractivity contribution in [3.05, 3.63) is 70.8 Å². The molecule has 150 valence electrons. The SMILES string of the molecule is O=C(NC1CC1)C(Sc1nnc(COc2ccccc2Cl)o1)c1ccc(F)cc1. The number of carbonyl (C=O) groups excluding carboxylic acids is 1. The van der Waals surface area contributed by atoms with Gasteiger partial charge in [0.05, 0.1) is 5.02 Å². The van der Waals surface area contributed by atoms with Crippen molar-refractivity contribution in [2.24, 2.45) is 0 Å². The number of thioether (sulfide) groups is 1. The lowest BCUT2D eigenvalue weighted by Crippen LogP contribution is -2.29. The van der Waals surface area contributed by atoms with Crippen molar-refractivity contribution in [2.45, 2.75) is 36.0 Å². The Morgan fingerprint density at radius 3 is 2.72 bits per heavy atom. The molecule has 29 heavy (non-hydrogen) atoms. The molecule has 0 bridgehead atoms. The van der Waals surface area contributed by atoms with Crippen LogP contribution in [0.3, 0.4) is 0 Å². The van der Waals surface area contributed by atoms with Crippen LogP contribution in [-0.4, -0.2) is 22.1 Å². The number of carbonyl (C=O) groups is 1. The second-order valence-corrected chi connectivity index (χ2v) is 7.98. The van der Waals surface area contributed by atoms with E-state index < -0.39 is 5.25 Å². The molecule has 1 saturated carbocycles. The maximum Gasteiger partial charge on any atom is 0.277 e. The van der Waals surface area contributed by atoms with Crippen molar-refractivity contribution in [1.29, 1.82) is 0 Å². The lowest BCUT2D eigenvalue weighted by Gasteiger charge is -2.14. The Kier molecular flexibility index (Phi) is 6.01. The Hall–Kier alpha value is -2.58. The van der Waals surface area contributed by atoms with E-state index in [1.165, 1.54) is 12.1 Å². The molecular weight excluding hydrogens is 417 g/mol. The third kappa shape index (κ3) is 5.27. The number of hydrogen-bond acceptors (Lipinski definition) is 6. The van der Waals surface area contributed by atoms with E-state index in [1.54, 1.807) is 30.3 Å². The smallest absolute Gasteiger partial charge is 0.277 e. The molecule has 0 saturated heterocycles. The summed E-state index contributed by atoms with van der Waals surface area (Å²) in [5.74, 6) is 0.232. The quantitative estimate of drug-likeness (QED) is 0.525. The van der Waals surface area contributed by atoms with Crippen LogP contribution in [-0.2, 0) is 11.4 Å². The highest BCUT2D eigenvalue weighted by molar-refractivity contribution is 8.00. The molecule has 1 aliphatic rings. The first-order valence-electron chi connectivity index (χ1n) is 9.00. The number of nitrogens with one attached hydrogen (secondary N) is 1. The van der Waals surface area contributed by atoms with Crippen LogP contribution in [0.1, 0.15) is 29.5 Å². The van der Waals surface area contributed by atoms with Gasteiger partial charge in [0.2, 0.25) is 5.91 Å². The van der Waals surface area contributed by atoms with Crippen LogP contribution in [0.25, 0.3) is 0 Å². The minimum atomic E-state index is -0.631. The predicted octanol–water partition coefficient (Wildman–Crippen LogP) is 4.55. The second kappa shape index (κ2) is 8.84. The van der Waals surface area contributed by atoms with Crippen LogP contribution >= 0.6 is 23.4 Å². The van der Waals surface area contributed by atoms with Crippen molar-refractivity contribution in [3.63, 3.8) is 0 Å². The predicted molar refractivity (Wildman–Crippen MR) is 106 cm³/mol. The van der Waals surface area contributed by atoms with Gasteiger partial charge < -0.3 is 14.5 Å². The van der Waals surface area contributed by atoms with Gasteiger partial charge >= 0.3 is 0 Å². The van der Waals surface area contributed by atoms with Crippen molar-refractivity contribution >= 4 is 29.3 Å². The fourth-order valence-electron chi connectivity index (χ4n) is 2.56. The molecule has 1 aromatic heterocycles. The van der Waals surface area contributed by atoms with E-state index in [-0.39, 0.29) is 35.5 Å². The average Bonchev–Trinajstić information content (AvgIpc) is 3.42. The third-order valence-corrected chi connectivity index (χ3v) is 5.59.